The van der Waals surface area contributed by atoms with E-state index < -0.39 is 0 Å². The van der Waals surface area contributed by atoms with Gasteiger partial charge >= 0.3 is 0 Å². The third kappa shape index (κ3) is 5.49. The highest BCUT2D eigenvalue weighted by Crippen LogP contribution is 2.35. The lowest BCUT2D eigenvalue weighted by molar-refractivity contribution is -0.0705. The average Bonchev–Trinajstić information content (AvgIpc) is 2.60. The molecule has 0 aliphatic carbocycles. The predicted octanol–water partition coefficient (Wildman–Crippen LogP) is 5.60. The van der Waals surface area contributed by atoms with E-state index in [9.17, 15) is 0 Å². The lowest BCUT2D eigenvalue weighted by Gasteiger charge is -2.28. The van der Waals surface area contributed by atoms with Crippen molar-refractivity contribution in [2.75, 3.05) is 25.0 Å². The van der Waals surface area contributed by atoms with Crippen LogP contribution in [0.25, 0.3) is 0 Å². The van der Waals surface area contributed by atoms with E-state index in [-0.39, 0.29) is 12.2 Å². The van der Waals surface area contributed by atoms with Crippen LogP contribution in [-0.2, 0) is 9.47 Å². The van der Waals surface area contributed by atoms with Crippen molar-refractivity contribution in [2.45, 2.75) is 26.1 Å². The van der Waals surface area contributed by atoms with E-state index in [2.05, 4.69) is 62.4 Å². The maximum atomic E-state index is 6.06. The molecule has 0 amide bonds. The molecule has 0 aromatic heterocycles. The number of hydrogen-bond donors (Lipinski definition) is 0. The highest BCUT2D eigenvalue weighted by atomic mass is 35.5. The van der Waals surface area contributed by atoms with Crippen molar-refractivity contribution in [3.05, 3.63) is 70.8 Å². The number of ether oxygens (including phenoxy) is 2. The second-order valence-electron chi connectivity index (χ2n) is 5.78. The van der Waals surface area contributed by atoms with Gasteiger partial charge in [-0.1, -0.05) is 59.7 Å². The smallest absolute Gasteiger partial charge is 0.113 e. The summed E-state index contributed by atoms with van der Waals surface area (Å²) in [5.41, 5.74) is 4.57. The van der Waals surface area contributed by atoms with Gasteiger partial charge in [-0.05, 0) is 25.0 Å². The summed E-state index contributed by atoms with van der Waals surface area (Å²) in [6.45, 7) is 5.07. The molecule has 4 heteroatoms. The zero-order valence-electron chi connectivity index (χ0n) is 14.2. The predicted molar refractivity (Wildman–Crippen MR) is 101 cm³/mol. The van der Waals surface area contributed by atoms with Crippen LogP contribution in [0.4, 0.5) is 0 Å². The van der Waals surface area contributed by atoms with E-state index in [1.807, 2.05) is 0 Å². The van der Waals surface area contributed by atoms with Gasteiger partial charge in [-0.15, -0.1) is 23.2 Å². The molecule has 2 rings (SSSR count). The van der Waals surface area contributed by atoms with Crippen LogP contribution in [0.3, 0.4) is 0 Å². The van der Waals surface area contributed by atoms with Gasteiger partial charge in [0.25, 0.3) is 0 Å². The Morgan fingerprint density at radius 3 is 1.29 bits per heavy atom. The Morgan fingerprint density at radius 1 is 0.667 bits per heavy atom. The van der Waals surface area contributed by atoms with Crippen molar-refractivity contribution in [1.29, 1.82) is 0 Å². The molecule has 0 aliphatic heterocycles. The molecule has 0 radical (unpaired) electrons. The minimum Gasteiger partial charge on any atom is -0.369 e. The fourth-order valence-corrected chi connectivity index (χ4v) is 2.75. The van der Waals surface area contributed by atoms with Crippen molar-refractivity contribution >= 4 is 23.2 Å². The molecule has 2 aromatic carbocycles. The van der Waals surface area contributed by atoms with E-state index in [0.717, 1.165) is 11.1 Å². The number of alkyl halides is 2. The molecule has 0 saturated carbocycles. The lowest BCUT2D eigenvalue weighted by Crippen LogP contribution is -2.20. The average molecular weight is 367 g/mol. The SMILES string of the molecule is Cc1ccc(C(OCCCl)C(OCCCl)c2ccc(C)cc2)cc1. The Balaban J connectivity index is 2.35. The van der Waals surface area contributed by atoms with Crippen LogP contribution in [-0.4, -0.2) is 25.0 Å². The molecular formula is C20H24Cl2O2. The molecule has 2 unspecified atom stereocenters. The zero-order chi connectivity index (χ0) is 17.4. The molecule has 0 aliphatic rings. The number of benzene rings is 2. The van der Waals surface area contributed by atoms with Crippen molar-refractivity contribution in [2.24, 2.45) is 0 Å². The molecule has 2 aromatic rings. The standard InChI is InChI=1S/C20H24Cl2O2/c1-15-3-7-17(8-4-15)19(23-13-11-21)20(24-14-12-22)18-9-5-16(2)6-10-18/h3-10,19-20H,11-14H2,1-2H3. The summed E-state index contributed by atoms with van der Waals surface area (Å²) in [5.74, 6) is 0.886. The van der Waals surface area contributed by atoms with Crippen LogP contribution in [0.15, 0.2) is 48.5 Å². The van der Waals surface area contributed by atoms with Crippen molar-refractivity contribution < 1.29 is 9.47 Å². The summed E-state index contributed by atoms with van der Waals surface area (Å²) < 4.78 is 12.1. The molecule has 0 fully saturated rings. The zero-order valence-corrected chi connectivity index (χ0v) is 15.7. The highest BCUT2D eigenvalue weighted by molar-refractivity contribution is 6.18. The van der Waals surface area contributed by atoms with Gasteiger partial charge in [0.1, 0.15) is 12.2 Å². The van der Waals surface area contributed by atoms with Crippen molar-refractivity contribution in [3.8, 4) is 0 Å². The molecule has 0 bridgehead atoms. The van der Waals surface area contributed by atoms with Crippen LogP contribution in [0, 0.1) is 13.8 Å². The van der Waals surface area contributed by atoms with Gasteiger partial charge < -0.3 is 9.47 Å². The Labute approximate surface area is 154 Å². The van der Waals surface area contributed by atoms with Gasteiger partial charge in [-0.2, -0.15) is 0 Å². The first-order valence-electron chi connectivity index (χ1n) is 8.14. The highest BCUT2D eigenvalue weighted by Gasteiger charge is 2.26. The van der Waals surface area contributed by atoms with Crippen molar-refractivity contribution in [1.82, 2.24) is 0 Å². The summed E-state index contributed by atoms with van der Waals surface area (Å²) in [7, 11) is 0. The topological polar surface area (TPSA) is 18.5 Å². The van der Waals surface area contributed by atoms with Crippen molar-refractivity contribution in [3.63, 3.8) is 0 Å². The molecular weight excluding hydrogens is 343 g/mol. The monoisotopic (exact) mass is 366 g/mol. The van der Waals surface area contributed by atoms with Crippen LogP contribution in [0.2, 0.25) is 0 Å². The van der Waals surface area contributed by atoms with E-state index in [1.165, 1.54) is 11.1 Å². The Hall–Kier alpha value is -1.06. The summed E-state index contributed by atoms with van der Waals surface area (Å²) in [4.78, 5) is 0. The normalized spacial score (nSPS) is 13.7. The van der Waals surface area contributed by atoms with E-state index in [4.69, 9.17) is 32.7 Å². The number of hydrogen-bond acceptors (Lipinski definition) is 2. The van der Waals surface area contributed by atoms with Crippen LogP contribution in [0.5, 0.6) is 0 Å². The summed E-state index contributed by atoms with van der Waals surface area (Å²) in [6, 6.07) is 16.7. The lowest BCUT2D eigenvalue weighted by atomic mass is 9.96. The second kappa shape index (κ2) is 10.0. The molecule has 24 heavy (non-hydrogen) atoms. The Morgan fingerprint density at radius 2 is 1.00 bits per heavy atom. The molecule has 0 saturated heterocycles. The molecule has 0 N–H and O–H groups in total. The fourth-order valence-electron chi connectivity index (χ4n) is 2.57. The van der Waals surface area contributed by atoms with E-state index in [0.29, 0.717) is 25.0 Å². The third-order valence-corrected chi connectivity index (χ3v) is 4.14. The van der Waals surface area contributed by atoms with E-state index in [1.54, 1.807) is 0 Å². The minimum absolute atomic E-state index is 0.227. The third-order valence-electron chi connectivity index (χ3n) is 3.84. The Kier molecular flexibility index (Phi) is 8.07. The molecule has 130 valence electrons. The molecule has 2 atom stereocenters. The van der Waals surface area contributed by atoms with Crippen LogP contribution >= 0.6 is 23.2 Å². The van der Waals surface area contributed by atoms with Gasteiger partial charge in [-0.3, -0.25) is 0 Å². The summed E-state index contributed by atoms with van der Waals surface area (Å²) in [5, 5.41) is 0. The minimum atomic E-state index is -0.227. The number of rotatable bonds is 9. The summed E-state index contributed by atoms with van der Waals surface area (Å²) >= 11 is 11.7. The fraction of sp³-hybridized carbons (Fsp3) is 0.400. The maximum Gasteiger partial charge on any atom is 0.113 e. The Bertz CT molecular complexity index is 541. The van der Waals surface area contributed by atoms with Gasteiger partial charge in [-0.25, -0.2) is 0 Å². The van der Waals surface area contributed by atoms with Gasteiger partial charge in [0, 0.05) is 11.8 Å². The first-order valence-corrected chi connectivity index (χ1v) is 9.21. The number of halogens is 2. The van der Waals surface area contributed by atoms with Crippen LogP contribution in [0.1, 0.15) is 34.5 Å². The second-order valence-corrected chi connectivity index (χ2v) is 6.54. The quantitative estimate of drug-likeness (QED) is 0.538. The van der Waals surface area contributed by atoms with E-state index >= 15 is 0 Å². The van der Waals surface area contributed by atoms with Crippen LogP contribution < -0.4 is 0 Å². The molecule has 2 nitrogen and oxygen atoms in total. The summed E-state index contributed by atoms with van der Waals surface area (Å²) in [6.07, 6.45) is -0.453. The first-order chi connectivity index (χ1) is 11.7. The van der Waals surface area contributed by atoms with Gasteiger partial charge in [0.05, 0.1) is 13.2 Å². The van der Waals surface area contributed by atoms with Gasteiger partial charge in [0.2, 0.25) is 0 Å². The largest absolute Gasteiger partial charge is 0.369 e. The van der Waals surface area contributed by atoms with Gasteiger partial charge in [0.15, 0.2) is 0 Å². The first kappa shape index (κ1) is 19.3. The maximum absolute atomic E-state index is 6.06. The molecule has 0 spiro atoms. The number of aryl methyl sites for hydroxylation is 2. The molecule has 0 heterocycles.